The van der Waals surface area contributed by atoms with Crippen molar-refractivity contribution in [2.24, 2.45) is 0 Å². The second kappa shape index (κ2) is 10.3. The van der Waals surface area contributed by atoms with E-state index >= 15 is 0 Å². The number of rotatable bonds is 9. The molecule has 1 aliphatic heterocycles. The molecule has 0 saturated heterocycles. The molecular weight excluding hydrogens is 334 g/mol. The van der Waals surface area contributed by atoms with Gasteiger partial charge in [0.1, 0.15) is 13.3 Å². The predicted octanol–water partition coefficient (Wildman–Crippen LogP) is 3.59. The topological polar surface area (TPSA) is 38.5 Å². The fraction of sp³-hybridized carbons (Fsp3) is 0.650. The summed E-state index contributed by atoms with van der Waals surface area (Å²) in [6.07, 6.45) is 6.70. The molecule has 0 aromatic heterocycles. The van der Waals surface area contributed by atoms with Gasteiger partial charge in [-0.3, -0.25) is 0 Å². The SMILES string of the molecule is CCN(CCO)CCCC(C)NC1CCC=[N+](C)c2cc(Cl)ccc21. The highest BCUT2D eigenvalue weighted by atomic mass is 35.5. The highest BCUT2D eigenvalue weighted by molar-refractivity contribution is 6.30. The summed E-state index contributed by atoms with van der Waals surface area (Å²) in [5.74, 6) is 0. The number of fused-ring (bicyclic) bond motifs is 1. The zero-order valence-corrected chi connectivity index (χ0v) is 16.6. The molecule has 140 valence electrons. The van der Waals surface area contributed by atoms with Gasteiger partial charge in [0.2, 0.25) is 5.69 Å². The molecule has 0 saturated carbocycles. The molecule has 1 aromatic rings. The van der Waals surface area contributed by atoms with Gasteiger partial charge in [-0.25, -0.2) is 4.58 Å². The number of hydrogen-bond acceptors (Lipinski definition) is 3. The molecule has 2 unspecified atom stereocenters. The summed E-state index contributed by atoms with van der Waals surface area (Å²) in [6.45, 7) is 7.50. The molecule has 2 rings (SSSR count). The van der Waals surface area contributed by atoms with Crippen molar-refractivity contribution in [2.45, 2.75) is 51.6 Å². The van der Waals surface area contributed by atoms with Gasteiger partial charge in [-0.05, 0) is 51.4 Å². The van der Waals surface area contributed by atoms with E-state index in [4.69, 9.17) is 16.7 Å². The number of hydrogen-bond donors (Lipinski definition) is 2. The molecule has 0 amide bonds. The van der Waals surface area contributed by atoms with Crippen LogP contribution in [-0.2, 0) is 0 Å². The molecule has 1 aromatic carbocycles. The summed E-state index contributed by atoms with van der Waals surface area (Å²) < 4.78 is 2.20. The molecule has 0 aliphatic carbocycles. The van der Waals surface area contributed by atoms with Gasteiger partial charge >= 0.3 is 0 Å². The minimum atomic E-state index is 0.243. The third-order valence-electron chi connectivity index (χ3n) is 5.07. The van der Waals surface area contributed by atoms with E-state index < -0.39 is 0 Å². The zero-order valence-electron chi connectivity index (χ0n) is 15.8. The molecule has 25 heavy (non-hydrogen) atoms. The van der Waals surface area contributed by atoms with E-state index in [2.05, 4.69) is 54.0 Å². The summed E-state index contributed by atoms with van der Waals surface area (Å²) in [6, 6.07) is 7.05. The zero-order chi connectivity index (χ0) is 18.2. The first-order valence-electron chi connectivity index (χ1n) is 9.50. The van der Waals surface area contributed by atoms with Gasteiger partial charge in [0, 0.05) is 41.7 Å². The van der Waals surface area contributed by atoms with Crippen molar-refractivity contribution in [1.82, 2.24) is 10.2 Å². The summed E-state index contributed by atoms with van der Waals surface area (Å²) in [7, 11) is 2.10. The van der Waals surface area contributed by atoms with Crippen LogP contribution in [0.25, 0.3) is 0 Å². The molecule has 0 spiro atoms. The number of likely N-dealkylation sites (N-methyl/N-ethyl adjacent to an activating group) is 1. The number of benzene rings is 1. The number of aliphatic hydroxyl groups excluding tert-OH is 1. The van der Waals surface area contributed by atoms with Crippen LogP contribution >= 0.6 is 11.6 Å². The van der Waals surface area contributed by atoms with Gasteiger partial charge in [-0.2, -0.15) is 0 Å². The smallest absolute Gasteiger partial charge is 0.210 e. The first-order chi connectivity index (χ1) is 12.0. The molecule has 0 fully saturated rings. The van der Waals surface area contributed by atoms with Crippen molar-refractivity contribution >= 4 is 23.5 Å². The number of nitrogens with one attached hydrogen (secondary N) is 1. The monoisotopic (exact) mass is 366 g/mol. The molecule has 2 atom stereocenters. The average molecular weight is 367 g/mol. The van der Waals surface area contributed by atoms with Crippen LogP contribution in [0.3, 0.4) is 0 Å². The fourth-order valence-electron chi connectivity index (χ4n) is 3.60. The molecule has 0 bridgehead atoms. The van der Waals surface area contributed by atoms with Crippen LogP contribution in [0.5, 0.6) is 0 Å². The molecule has 1 aliphatic rings. The van der Waals surface area contributed by atoms with Crippen molar-refractivity contribution in [2.75, 3.05) is 33.3 Å². The maximum absolute atomic E-state index is 9.08. The van der Waals surface area contributed by atoms with E-state index in [1.807, 2.05) is 6.07 Å². The van der Waals surface area contributed by atoms with Crippen LogP contribution in [0, 0.1) is 0 Å². The van der Waals surface area contributed by atoms with Gasteiger partial charge in [0.05, 0.1) is 6.61 Å². The first kappa shape index (κ1) is 20.4. The van der Waals surface area contributed by atoms with E-state index in [9.17, 15) is 0 Å². The van der Waals surface area contributed by atoms with E-state index in [-0.39, 0.29) is 6.61 Å². The Bertz CT molecular complexity index is 576. The van der Waals surface area contributed by atoms with Crippen molar-refractivity contribution in [1.29, 1.82) is 0 Å². The Balaban J connectivity index is 1.93. The maximum atomic E-state index is 9.08. The lowest BCUT2D eigenvalue weighted by molar-refractivity contribution is -0.400. The average Bonchev–Trinajstić information content (AvgIpc) is 2.73. The van der Waals surface area contributed by atoms with Crippen LogP contribution in [0.2, 0.25) is 5.02 Å². The molecule has 1 heterocycles. The Hall–Kier alpha value is -0.940. The van der Waals surface area contributed by atoms with Crippen molar-refractivity contribution in [3.63, 3.8) is 0 Å². The first-order valence-corrected chi connectivity index (χ1v) is 9.87. The quantitative estimate of drug-likeness (QED) is 0.656. The minimum absolute atomic E-state index is 0.243. The van der Waals surface area contributed by atoms with Gasteiger partial charge in [0.25, 0.3) is 0 Å². The van der Waals surface area contributed by atoms with E-state index in [0.717, 1.165) is 50.3 Å². The van der Waals surface area contributed by atoms with Crippen LogP contribution in [-0.4, -0.2) is 60.1 Å². The molecular formula is C20H33ClN3O+. The Labute approximate surface area is 157 Å². The van der Waals surface area contributed by atoms with Crippen LogP contribution in [0.1, 0.15) is 51.1 Å². The minimum Gasteiger partial charge on any atom is -0.395 e. The maximum Gasteiger partial charge on any atom is 0.210 e. The molecule has 0 radical (unpaired) electrons. The van der Waals surface area contributed by atoms with Gasteiger partial charge in [0.15, 0.2) is 0 Å². The Kier molecular flexibility index (Phi) is 8.37. The Morgan fingerprint density at radius 2 is 2.20 bits per heavy atom. The summed E-state index contributed by atoms with van der Waals surface area (Å²) in [5.41, 5.74) is 2.54. The van der Waals surface area contributed by atoms with Crippen LogP contribution < -0.4 is 5.32 Å². The normalized spacial score (nSPS) is 18.6. The molecule has 2 N–H and O–H groups in total. The molecule has 4 nitrogen and oxygen atoms in total. The summed E-state index contributed by atoms with van der Waals surface area (Å²) in [5, 5.41) is 13.7. The van der Waals surface area contributed by atoms with E-state index in [1.54, 1.807) is 0 Å². The lowest BCUT2D eigenvalue weighted by Gasteiger charge is -2.24. The van der Waals surface area contributed by atoms with Crippen molar-refractivity contribution < 1.29 is 9.68 Å². The van der Waals surface area contributed by atoms with Crippen molar-refractivity contribution in [3.05, 3.63) is 28.8 Å². The van der Waals surface area contributed by atoms with Crippen LogP contribution in [0.15, 0.2) is 18.2 Å². The van der Waals surface area contributed by atoms with Gasteiger partial charge < -0.3 is 15.3 Å². The summed E-state index contributed by atoms with van der Waals surface area (Å²) >= 11 is 6.20. The van der Waals surface area contributed by atoms with Gasteiger partial charge in [-0.1, -0.05) is 18.5 Å². The number of aliphatic hydroxyl groups is 1. The lowest BCUT2D eigenvalue weighted by atomic mass is 9.99. The van der Waals surface area contributed by atoms with Crippen molar-refractivity contribution in [3.8, 4) is 0 Å². The third-order valence-corrected chi connectivity index (χ3v) is 5.30. The standard InChI is InChI=1S/C20H33ClN3O/c1-4-24(13-14-25)12-5-7-16(2)22-19-8-6-11-23(3)20-15-17(21)9-10-18(19)20/h9-11,15-16,19,22,25H,4-8,12-14H2,1-3H3/q+1. The van der Waals surface area contributed by atoms with E-state index in [1.165, 1.54) is 11.3 Å². The third kappa shape index (κ3) is 6.07. The highest BCUT2D eigenvalue weighted by Gasteiger charge is 2.24. The predicted molar refractivity (Wildman–Crippen MR) is 106 cm³/mol. The summed E-state index contributed by atoms with van der Waals surface area (Å²) in [4.78, 5) is 2.31. The van der Waals surface area contributed by atoms with E-state index in [0.29, 0.717) is 12.1 Å². The molecule has 5 heteroatoms. The second-order valence-corrected chi connectivity index (χ2v) is 7.43. The lowest BCUT2D eigenvalue weighted by Crippen LogP contribution is -2.32. The van der Waals surface area contributed by atoms with Crippen LogP contribution in [0.4, 0.5) is 5.69 Å². The Morgan fingerprint density at radius 3 is 2.92 bits per heavy atom. The van der Waals surface area contributed by atoms with Gasteiger partial charge in [-0.15, -0.1) is 0 Å². The largest absolute Gasteiger partial charge is 0.395 e. The number of halogens is 1. The fourth-order valence-corrected chi connectivity index (χ4v) is 3.76. The Morgan fingerprint density at radius 1 is 1.40 bits per heavy atom. The second-order valence-electron chi connectivity index (χ2n) is 6.99. The highest BCUT2D eigenvalue weighted by Crippen LogP contribution is 2.32. The number of nitrogens with zero attached hydrogens (tertiary/aromatic N) is 2.